The van der Waals surface area contributed by atoms with E-state index in [0.717, 1.165) is 49.9 Å². The van der Waals surface area contributed by atoms with E-state index < -0.39 is 11.6 Å². The van der Waals surface area contributed by atoms with Crippen LogP contribution in [0.4, 0.5) is 20.4 Å². The van der Waals surface area contributed by atoms with E-state index in [2.05, 4.69) is 26.5 Å². The molecule has 1 N–H and O–H groups in total. The first-order chi connectivity index (χ1) is 16.5. The fraction of sp³-hybridized carbons (Fsp3) is 0.500. The number of nitrogens with one attached hydrogen (secondary N) is 1. The van der Waals surface area contributed by atoms with Crippen molar-refractivity contribution in [3.8, 4) is 5.75 Å². The van der Waals surface area contributed by atoms with Gasteiger partial charge in [0.25, 0.3) is 0 Å². The molecule has 0 radical (unpaired) electrons. The van der Waals surface area contributed by atoms with Crippen molar-refractivity contribution in [1.29, 1.82) is 0 Å². The maximum atomic E-state index is 13.6. The predicted molar refractivity (Wildman–Crippen MR) is 122 cm³/mol. The molecule has 4 atom stereocenters. The molecule has 2 aliphatic heterocycles. The first kappa shape index (κ1) is 21.2. The molecule has 3 aliphatic rings. The molecule has 10 heteroatoms. The summed E-state index contributed by atoms with van der Waals surface area (Å²) in [7, 11) is 0. The highest BCUT2D eigenvalue weighted by Gasteiger charge is 2.43. The maximum Gasteiger partial charge on any atom is 0.242 e. The zero-order valence-corrected chi connectivity index (χ0v) is 19.0. The summed E-state index contributed by atoms with van der Waals surface area (Å²) in [6.45, 7) is 4.64. The molecule has 1 saturated heterocycles. The Hall–Kier alpha value is -3.30. The molecule has 8 nitrogen and oxygen atoms in total. The highest BCUT2D eigenvalue weighted by molar-refractivity contribution is 5.46. The third-order valence-electron chi connectivity index (χ3n) is 7.20. The van der Waals surface area contributed by atoms with Gasteiger partial charge in [-0.2, -0.15) is 15.2 Å². The van der Waals surface area contributed by atoms with Crippen LogP contribution in [0.5, 0.6) is 5.75 Å². The number of hydrogen-bond acceptors (Lipinski definition) is 7. The van der Waals surface area contributed by atoms with Gasteiger partial charge in [0.15, 0.2) is 11.9 Å². The van der Waals surface area contributed by atoms with Crippen molar-refractivity contribution in [1.82, 2.24) is 25.0 Å². The van der Waals surface area contributed by atoms with E-state index >= 15 is 0 Å². The molecule has 34 heavy (non-hydrogen) atoms. The van der Waals surface area contributed by atoms with Crippen molar-refractivity contribution >= 4 is 11.6 Å². The Morgan fingerprint density at radius 2 is 1.79 bits per heavy atom. The van der Waals surface area contributed by atoms with Crippen LogP contribution in [-0.4, -0.2) is 44.1 Å². The lowest BCUT2D eigenvalue weighted by atomic mass is 9.92. The number of fused-ring (bicyclic) bond motifs is 3. The Labute approximate surface area is 196 Å². The molecule has 3 aromatic rings. The van der Waals surface area contributed by atoms with Crippen LogP contribution in [0.15, 0.2) is 30.5 Å². The smallest absolute Gasteiger partial charge is 0.242 e. The van der Waals surface area contributed by atoms with Gasteiger partial charge in [0.1, 0.15) is 17.4 Å². The average molecular weight is 468 g/mol. The van der Waals surface area contributed by atoms with Gasteiger partial charge in [-0.1, -0.05) is 0 Å². The second kappa shape index (κ2) is 8.48. The Morgan fingerprint density at radius 1 is 1.03 bits per heavy atom. The largest absolute Gasteiger partial charge is 0.482 e. The second-order valence-electron chi connectivity index (χ2n) is 9.60. The van der Waals surface area contributed by atoms with Gasteiger partial charge in [0, 0.05) is 43.9 Å². The lowest BCUT2D eigenvalue weighted by Crippen LogP contribution is -2.48. The number of ether oxygens (including phenoxy) is 1. The molecule has 1 aliphatic carbocycles. The number of hydrogen-bond donors (Lipinski definition) is 1. The summed E-state index contributed by atoms with van der Waals surface area (Å²) in [5, 5.41) is 16.5. The summed E-state index contributed by atoms with van der Waals surface area (Å²) in [6, 6.07) is 5.64. The van der Waals surface area contributed by atoms with Crippen molar-refractivity contribution < 1.29 is 13.5 Å². The van der Waals surface area contributed by atoms with E-state index in [0.29, 0.717) is 29.7 Å². The molecular weight excluding hydrogens is 440 g/mol. The summed E-state index contributed by atoms with van der Waals surface area (Å²) in [4.78, 5) is 7.16. The van der Waals surface area contributed by atoms with Gasteiger partial charge in [-0.15, -0.1) is 5.10 Å². The van der Waals surface area contributed by atoms with Crippen LogP contribution in [0.1, 0.15) is 43.3 Å². The summed E-state index contributed by atoms with van der Waals surface area (Å²) >= 11 is 0. The maximum absolute atomic E-state index is 13.6. The molecule has 0 spiro atoms. The summed E-state index contributed by atoms with van der Waals surface area (Å²) < 4.78 is 35.0. The lowest BCUT2D eigenvalue weighted by Gasteiger charge is -2.39. The van der Waals surface area contributed by atoms with Gasteiger partial charge in [-0.05, 0) is 50.5 Å². The average Bonchev–Trinajstić information content (AvgIpc) is 3.30. The predicted octanol–water partition coefficient (Wildman–Crippen LogP) is 3.90. The number of aryl methyl sites for hydroxylation is 2. The molecule has 2 aromatic heterocycles. The molecule has 1 aromatic carbocycles. The van der Waals surface area contributed by atoms with E-state index in [1.165, 1.54) is 25.0 Å². The summed E-state index contributed by atoms with van der Waals surface area (Å²) in [5.41, 5.74) is 2.06. The molecular formula is C24H27F2N7O. The third-order valence-corrected chi connectivity index (χ3v) is 7.20. The van der Waals surface area contributed by atoms with E-state index in [1.807, 2.05) is 17.8 Å². The Morgan fingerprint density at radius 3 is 2.53 bits per heavy atom. The fourth-order valence-corrected chi connectivity index (χ4v) is 5.70. The quantitative estimate of drug-likeness (QED) is 0.610. The molecule has 2 bridgehead atoms. The number of anilines is 2. The van der Waals surface area contributed by atoms with Crippen LogP contribution < -0.4 is 15.0 Å². The molecule has 178 valence electrons. The zero-order chi connectivity index (χ0) is 23.2. The number of rotatable bonds is 5. The Bertz CT molecular complexity index is 1170. The third kappa shape index (κ3) is 4.05. The van der Waals surface area contributed by atoms with Gasteiger partial charge < -0.3 is 15.0 Å². The number of aromatic nitrogens is 5. The van der Waals surface area contributed by atoms with Crippen LogP contribution in [0.25, 0.3) is 0 Å². The SMILES string of the molecule is Cc1cc(N2C[C@H]3CC[C@@H](C2)C3Nc2nc3n(n2)CCC[C@H]3Oc2cc(F)cc(F)c2)cnn1. The van der Waals surface area contributed by atoms with Gasteiger partial charge in [-0.25, -0.2) is 13.5 Å². The van der Waals surface area contributed by atoms with Crippen LogP contribution in [0.2, 0.25) is 0 Å². The van der Waals surface area contributed by atoms with Gasteiger partial charge >= 0.3 is 0 Å². The molecule has 0 amide bonds. The lowest BCUT2D eigenvalue weighted by molar-refractivity contribution is 0.154. The van der Waals surface area contributed by atoms with Gasteiger partial charge in [0.2, 0.25) is 5.95 Å². The highest BCUT2D eigenvalue weighted by atomic mass is 19.1. The first-order valence-corrected chi connectivity index (χ1v) is 11.9. The Balaban J connectivity index is 1.17. The number of nitrogens with zero attached hydrogens (tertiary/aromatic N) is 6. The van der Waals surface area contributed by atoms with Crippen LogP contribution in [0, 0.1) is 30.4 Å². The number of halogens is 2. The highest BCUT2D eigenvalue weighted by Crippen LogP contribution is 2.40. The standard InChI is InChI=1S/C24H27F2N7O/c1-14-7-19(11-27-30-14)32-12-15-4-5-16(13-32)22(15)28-24-29-23-21(3-2-6-33(23)31-24)34-20-9-17(25)8-18(26)10-20/h7-11,15-16,21-22H,2-6,12-13H2,1H3,(H,28,31)/t15-,16+,21-,22?/m1/s1. The van der Waals surface area contributed by atoms with E-state index in [1.54, 1.807) is 0 Å². The minimum atomic E-state index is -0.658. The summed E-state index contributed by atoms with van der Waals surface area (Å²) in [5.74, 6) is 1.14. The van der Waals surface area contributed by atoms with Crippen molar-refractivity contribution in [3.05, 3.63) is 53.6 Å². The zero-order valence-electron chi connectivity index (χ0n) is 19.0. The van der Waals surface area contributed by atoms with Crippen molar-refractivity contribution in [2.45, 2.75) is 51.3 Å². The minimum absolute atomic E-state index is 0.166. The Kier molecular flexibility index (Phi) is 5.30. The molecule has 4 heterocycles. The van der Waals surface area contributed by atoms with Crippen molar-refractivity contribution in [2.24, 2.45) is 11.8 Å². The molecule has 1 unspecified atom stereocenters. The van der Waals surface area contributed by atoms with E-state index in [-0.39, 0.29) is 11.9 Å². The summed E-state index contributed by atoms with van der Waals surface area (Å²) in [6.07, 6.45) is 5.37. The van der Waals surface area contributed by atoms with Gasteiger partial charge in [-0.3, -0.25) is 0 Å². The molecule has 6 rings (SSSR count). The van der Waals surface area contributed by atoms with Crippen molar-refractivity contribution in [2.75, 3.05) is 23.3 Å². The first-order valence-electron chi connectivity index (χ1n) is 11.9. The molecule has 2 fully saturated rings. The molecule has 1 saturated carbocycles. The van der Waals surface area contributed by atoms with Crippen LogP contribution in [0.3, 0.4) is 0 Å². The fourth-order valence-electron chi connectivity index (χ4n) is 5.70. The van der Waals surface area contributed by atoms with E-state index in [9.17, 15) is 8.78 Å². The van der Waals surface area contributed by atoms with Crippen LogP contribution >= 0.6 is 0 Å². The van der Waals surface area contributed by atoms with Crippen molar-refractivity contribution in [3.63, 3.8) is 0 Å². The number of piperidine rings is 1. The monoisotopic (exact) mass is 467 g/mol. The van der Waals surface area contributed by atoms with E-state index in [4.69, 9.17) is 14.8 Å². The van der Waals surface area contributed by atoms with Crippen LogP contribution in [-0.2, 0) is 6.54 Å². The van der Waals surface area contributed by atoms with Gasteiger partial charge in [0.05, 0.1) is 17.6 Å². The number of benzene rings is 1. The minimum Gasteiger partial charge on any atom is -0.482 e. The normalized spacial score (nSPS) is 25.8. The second-order valence-corrected chi connectivity index (χ2v) is 9.60. The topological polar surface area (TPSA) is 81.0 Å².